The Balaban J connectivity index is 1.85. The molecule has 1 amide bonds. The average molecular weight is 460 g/mol. The number of hydrogen-bond donors (Lipinski definition) is 2. The van der Waals surface area contributed by atoms with E-state index in [1.807, 2.05) is 0 Å². The van der Waals surface area contributed by atoms with Crippen molar-refractivity contribution in [1.29, 1.82) is 5.26 Å². The molecule has 0 radical (unpaired) electrons. The van der Waals surface area contributed by atoms with Crippen molar-refractivity contribution >= 4 is 11.6 Å². The maximum absolute atomic E-state index is 12.8. The molecule has 3 aromatic heterocycles. The van der Waals surface area contributed by atoms with Gasteiger partial charge in [0, 0.05) is 20.0 Å². The lowest BCUT2D eigenvalue weighted by Crippen LogP contribution is -2.29. The Morgan fingerprint density at radius 2 is 2.06 bits per heavy atom. The first-order valence-electron chi connectivity index (χ1n) is 10.2. The van der Waals surface area contributed by atoms with Gasteiger partial charge in [0.15, 0.2) is 11.5 Å². The Morgan fingerprint density at radius 3 is 2.71 bits per heavy atom. The Labute approximate surface area is 193 Å². The zero-order chi connectivity index (χ0) is 24.4. The fraction of sp³-hybridized carbons (Fsp3) is 0.227. The molecule has 0 aliphatic carbocycles. The van der Waals surface area contributed by atoms with Crippen LogP contribution < -0.4 is 10.9 Å². The van der Waals surface area contributed by atoms with Crippen LogP contribution in [0.5, 0.6) is 5.75 Å². The van der Waals surface area contributed by atoms with Crippen molar-refractivity contribution < 1.29 is 14.4 Å². The molecule has 1 aromatic carbocycles. The first kappa shape index (κ1) is 22.4. The van der Waals surface area contributed by atoms with E-state index in [0.717, 1.165) is 0 Å². The molecule has 4 rings (SSSR count). The van der Waals surface area contributed by atoms with Crippen molar-refractivity contribution in [3.05, 3.63) is 81.9 Å². The molecule has 2 N–H and O–H groups in total. The molecule has 0 saturated heterocycles. The van der Waals surface area contributed by atoms with Crippen LogP contribution in [-0.2, 0) is 14.1 Å². The van der Waals surface area contributed by atoms with Crippen molar-refractivity contribution in [3.63, 3.8) is 0 Å². The summed E-state index contributed by atoms with van der Waals surface area (Å²) in [6.07, 6.45) is 3.99. The maximum Gasteiger partial charge on any atom is 0.296 e. The highest BCUT2D eigenvalue weighted by Crippen LogP contribution is 2.37. The van der Waals surface area contributed by atoms with Gasteiger partial charge < -0.3 is 14.9 Å². The minimum atomic E-state index is -0.809. The molecule has 3 heterocycles. The molecule has 0 bridgehead atoms. The minimum Gasteiger partial charge on any atom is -0.501 e. The third kappa shape index (κ3) is 4.02. The van der Waals surface area contributed by atoms with Gasteiger partial charge >= 0.3 is 0 Å². The van der Waals surface area contributed by atoms with E-state index >= 15 is 0 Å². The average Bonchev–Trinajstić information content (AvgIpc) is 3.50. The van der Waals surface area contributed by atoms with Crippen molar-refractivity contribution in [3.8, 4) is 11.8 Å². The number of hydrogen-bond acceptors (Lipinski definition) is 9. The van der Waals surface area contributed by atoms with Gasteiger partial charge in [0.05, 0.1) is 23.7 Å². The van der Waals surface area contributed by atoms with Crippen LogP contribution in [0.1, 0.15) is 52.0 Å². The predicted octanol–water partition coefficient (Wildman–Crippen LogP) is 1.66. The van der Waals surface area contributed by atoms with E-state index in [-0.39, 0.29) is 11.5 Å². The highest BCUT2D eigenvalue weighted by molar-refractivity contribution is 6.04. The number of rotatable bonds is 6. The Morgan fingerprint density at radius 1 is 1.29 bits per heavy atom. The van der Waals surface area contributed by atoms with Crippen LogP contribution >= 0.6 is 0 Å². The third-order valence-corrected chi connectivity index (χ3v) is 5.43. The number of aromatic nitrogens is 6. The Hall–Kier alpha value is -4.79. The zero-order valence-corrected chi connectivity index (χ0v) is 18.5. The van der Waals surface area contributed by atoms with Crippen molar-refractivity contribution in [2.24, 2.45) is 14.1 Å². The summed E-state index contributed by atoms with van der Waals surface area (Å²) in [7, 11) is 3.16. The molecule has 34 heavy (non-hydrogen) atoms. The first-order valence-corrected chi connectivity index (χ1v) is 10.2. The van der Waals surface area contributed by atoms with E-state index in [4.69, 9.17) is 0 Å². The number of nitriles is 1. The van der Waals surface area contributed by atoms with E-state index in [9.17, 15) is 20.0 Å². The molecule has 0 aliphatic rings. The van der Waals surface area contributed by atoms with Crippen LogP contribution in [0.3, 0.4) is 0 Å². The highest BCUT2D eigenvalue weighted by atomic mass is 16.5. The summed E-state index contributed by atoms with van der Waals surface area (Å²) in [6, 6.07) is 9.18. The topological polar surface area (TPSA) is 165 Å². The summed E-state index contributed by atoms with van der Waals surface area (Å²) >= 11 is 0. The number of aryl methyl sites for hydroxylation is 1. The van der Waals surface area contributed by atoms with E-state index < -0.39 is 34.7 Å². The normalized spacial score (nSPS) is 12.6. The van der Waals surface area contributed by atoms with Gasteiger partial charge in [-0.15, -0.1) is 0 Å². The first-order chi connectivity index (χ1) is 16.3. The summed E-state index contributed by atoms with van der Waals surface area (Å²) in [5.74, 6) is -2.14. The highest BCUT2D eigenvalue weighted by Gasteiger charge is 2.32. The summed E-state index contributed by atoms with van der Waals surface area (Å²) in [4.78, 5) is 34.3. The van der Waals surface area contributed by atoms with Crippen LogP contribution in [-0.4, -0.2) is 40.5 Å². The molecule has 12 nitrogen and oxygen atoms in total. The molecule has 172 valence electrons. The lowest BCUT2D eigenvalue weighted by Gasteiger charge is -2.24. The van der Waals surface area contributed by atoms with E-state index in [1.165, 1.54) is 35.1 Å². The maximum atomic E-state index is 12.8. The molecule has 0 unspecified atom stereocenters. The Bertz CT molecular complexity index is 1450. The van der Waals surface area contributed by atoms with Crippen molar-refractivity contribution in [2.45, 2.75) is 18.8 Å². The lowest BCUT2D eigenvalue weighted by atomic mass is 9.83. The number of carbonyl (C=O) groups is 1. The van der Waals surface area contributed by atoms with Gasteiger partial charge in [-0.25, -0.2) is 9.97 Å². The second-order valence-electron chi connectivity index (χ2n) is 7.64. The molecule has 0 saturated carbocycles. The number of nitrogens with one attached hydrogen (secondary N) is 1. The standard InChI is InChI=1S/C22H20N8O4/c1-12(16(19-24-11-29(2)28-19)15-7-5-4-6-13(15)8-23)20-27-17(18(31)22(33)30(20)3)21(32)26-14-9-25-34-10-14/h4-7,9-12,16,31H,1-3H3,(H,26,32)/t12-,16-/m1/s1. The number of anilines is 1. The Kier molecular flexibility index (Phi) is 5.92. The summed E-state index contributed by atoms with van der Waals surface area (Å²) in [6.45, 7) is 1.79. The number of benzene rings is 1. The molecular formula is C22H20N8O4. The van der Waals surface area contributed by atoms with Gasteiger partial charge in [0.25, 0.3) is 11.5 Å². The molecule has 2 atom stereocenters. The van der Waals surface area contributed by atoms with Crippen molar-refractivity contribution in [2.75, 3.05) is 5.32 Å². The number of aromatic hydroxyl groups is 1. The zero-order valence-electron chi connectivity index (χ0n) is 18.5. The second kappa shape index (κ2) is 8.99. The van der Waals surface area contributed by atoms with E-state index in [1.54, 1.807) is 38.2 Å². The van der Waals surface area contributed by atoms with E-state index in [0.29, 0.717) is 17.0 Å². The van der Waals surface area contributed by atoms with Gasteiger partial charge in [-0.3, -0.25) is 18.8 Å². The van der Waals surface area contributed by atoms with Crippen LogP contribution in [0.4, 0.5) is 5.69 Å². The van der Waals surface area contributed by atoms with Gasteiger partial charge in [-0.2, -0.15) is 10.4 Å². The fourth-order valence-electron chi connectivity index (χ4n) is 3.78. The molecule has 4 aromatic rings. The monoisotopic (exact) mass is 460 g/mol. The smallest absolute Gasteiger partial charge is 0.296 e. The minimum absolute atomic E-state index is 0.198. The fourth-order valence-corrected chi connectivity index (χ4v) is 3.78. The number of nitrogens with zero attached hydrogens (tertiary/aromatic N) is 7. The molecule has 0 aliphatic heterocycles. The van der Waals surface area contributed by atoms with Crippen molar-refractivity contribution in [1.82, 2.24) is 29.5 Å². The quantitative estimate of drug-likeness (QED) is 0.435. The van der Waals surface area contributed by atoms with Crippen LogP contribution in [0.25, 0.3) is 0 Å². The van der Waals surface area contributed by atoms with E-state index in [2.05, 4.69) is 36.1 Å². The largest absolute Gasteiger partial charge is 0.501 e. The predicted molar refractivity (Wildman–Crippen MR) is 118 cm³/mol. The van der Waals surface area contributed by atoms with Crippen LogP contribution in [0.15, 0.2) is 52.4 Å². The van der Waals surface area contributed by atoms with Crippen LogP contribution in [0, 0.1) is 11.3 Å². The summed E-state index contributed by atoms with van der Waals surface area (Å²) in [5.41, 5.74) is 0.0450. The van der Waals surface area contributed by atoms with Gasteiger partial charge in [0.1, 0.15) is 24.1 Å². The molecular weight excluding hydrogens is 440 g/mol. The summed E-state index contributed by atoms with van der Waals surface area (Å²) < 4.78 is 7.38. The number of amides is 1. The molecule has 12 heteroatoms. The SMILES string of the molecule is C[C@@H](c1nc(C(=O)Nc2cnoc2)c(O)c(=O)n1C)[C@@H](c1ncn(C)n1)c1ccccc1C#N. The second-order valence-corrected chi connectivity index (χ2v) is 7.64. The van der Waals surface area contributed by atoms with Crippen LogP contribution in [0.2, 0.25) is 0 Å². The summed E-state index contributed by atoms with van der Waals surface area (Å²) in [5, 5.41) is 30.4. The molecule has 0 spiro atoms. The van der Waals surface area contributed by atoms with Gasteiger partial charge in [-0.1, -0.05) is 30.3 Å². The lowest BCUT2D eigenvalue weighted by molar-refractivity contribution is 0.101. The van der Waals surface area contributed by atoms with Gasteiger partial charge in [0.2, 0.25) is 5.75 Å². The number of carbonyl (C=O) groups excluding carboxylic acids is 1. The molecule has 0 fully saturated rings. The third-order valence-electron chi connectivity index (χ3n) is 5.43. The van der Waals surface area contributed by atoms with Gasteiger partial charge in [-0.05, 0) is 11.6 Å².